The predicted molar refractivity (Wildman–Crippen MR) is 61.4 cm³/mol. The highest BCUT2D eigenvalue weighted by Gasteiger charge is 2.20. The normalized spacial score (nSPS) is 20.3. The first-order valence-electron chi connectivity index (χ1n) is 5.24. The molecule has 0 aliphatic carbocycles. The molecule has 1 aliphatic heterocycles. The van der Waals surface area contributed by atoms with Gasteiger partial charge in [0.25, 0.3) is 0 Å². The summed E-state index contributed by atoms with van der Waals surface area (Å²) < 4.78 is 5.38. The maximum absolute atomic E-state index is 5.38. The van der Waals surface area contributed by atoms with Gasteiger partial charge in [-0.1, -0.05) is 0 Å². The Kier molecular flexibility index (Phi) is 3.06. The maximum Gasteiger partial charge on any atom is 0.0670 e. The van der Waals surface area contributed by atoms with Crippen molar-refractivity contribution in [1.82, 2.24) is 4.98 Å². The van der Waals surface area contributed by atoms with Gasteiger partial charge >= 0.3 is 0 Å². The zero-order valence-corrected chi connectivity index (χ0v) is 9.23. The molecule has 4 heteroatoms. The van der Waals surface area contributed by atoms with E-state index in [2.05, 4.69) is 28.3 Å². The number of rotatable bonds is 3. The van der Waals surface area contributed by atoms with Gasteiger partial charge in [-0.25, -0.2) is 0 Å². The molecule has 1 saturated heterocycles. The molecular weight excluding hydrogens is 190 g/mol. The fourth-order valence-electron chi connectivity index (χ4n) is 1.80. The molecule has 0 spiro atoms. The van der Waals surface area contributed by atoms with Crippen LogP contribution in [0.15, 0.2) is 18.5 Å². The molecule has 0 bridgehead atoms. The van der Waals surface area contributed by atoms with Crippen LogP contribution < -0.4 is 10.2 Å². The standard InChI is InChI=1S/C11H17N3O/c1-12-9-5-11(7-13-6-9)14(2)10-3-4-15-8-10/h5-7,10,12H,3-4,8H2,1-2H3. The summed E-state index contributed by atoms with van der Waals surface area (Å²) in [4.78, 5) is 6.44. The van der Waals surface area contributed by atoms with Crippen LogP contribution in [0, 0.1) is 0 Å². The number of nitrogens with zero attached hydrogens (tertiary/aromatic N) is 2. The summed E-state index contributed by atoms with van der Waals surface area (Å²) in [6, 6.07) is 2.59. The molecule has 1 aromatic rings. The van der Waals surface area contributed by atoms with Gasteiger partial charge in [0.05, 0.1) is 36.4 Å². The third kappa shape index (κ3) is 2.21. The minimum absolute atomic E-state index is 0.485. The Morgan fingerprint density at radius 2 is 2.40 bits per heavy atom. The Labute approximate surface area is 90.3 Å². The molecule has 15 heavy (non-hydrogen) atoms. The van der Waals surface area contributed by atoms with Crippen molar-refractivity contribution in [2.24, 2.45) is 0 Å². The molecular formula is C11H17N3O. The fourth-order valence-corrected chi connectivity index (χ4v) is 1.80. The molecule has 82 valence electrons. The Bertz CT molecular complexity index is 323. The largest absolute Gasteiger partial charge is 0.387 e. The van der Waals surface area contributed by atoms with Crippen molar-refractivity contribution in [2.75, 3.05) is 37.5 Å². The van der Waals surface area contributed by atoms with E-state index in [9.17, 15) is 0 Å². The summed E-state index contributed by atoms with van der Waals surface area (Å²) in [6.45, 7) is 1.69. The van der Waals surface area contributed by atoms with Crippen molar-refractivity contribution in [2.45, 2.75) is 12.5 Å². The quantitative estimate of drug-likeness (QED) is 0.811. The van der Waals surface area contributed by atoms with E-state index in [1.165, 1.54) is 0 Å². The van der Waals surface area contributed by atoms with Crippen molar-refractivity contribution in [1.29, 1.82) is 0 Å². The lowest BCUT2D eigenvalue weighted by molar-refractivity contribution is 0.193. The summed E-state index contributed by atoms with van der Waals surface area (Å²) in [7, 11) is 4.00. The first kappa shape index (κ1) is 10.2. The number of ether oxygens (including phenoxy) is 1. The van der Waals surface area contributed by atoms with Crippen LogP contribution in [0.2, 0.25) is 0 Å². The number of aromatic nitrogens is 1. The molecule has 1 N–H and O–H groups in total. The number of nitrogens with one attached hydrogen (secondary N) is 1. The average molecular weight is 207 g/mol. The second-order valence-corrected chi connectivity index (χ2v) is 3.81. The van der Waals surface area contributed by atoms with Crippen molar-refractivity contribution >= 4 is 11.4 Å². The van der Waals surface area contributed by atoms with E-state index in [1.807, 2.05) is 19.4 Å². The molecule has 1 aromatic heterocycles. The molecule has 1 unspecified atom stereocenters. The number of anilines is 2. The van der Waals surface area contributed by atoms with Gasteiger partial charge in [0, 0.05) is 20.7 Å². The molecule has 1 fully saturated rings. The number of likely N-dealkylation sites (N-methyl/N-ethyl adjacent to an activating group) is 1. The van der Waals surface area contributed by atoms with E-state index >= 15 is 0 Å². The van der Waals surface area contributed by atoms with E-state index in [0.717, 1.165) is 31.0 Å². The van der Waals surface area contributed by atoms with E-state index in [4.69, 9.17) is 4.74 Å². The third-order valence-electron chi connectivity index (χ3n) is 2.87. The average Bonchev–Trinajstić information content (AvgIpc) is 2.81. The first-order chi connectivity index (χ1) is 7.31. The lowest BCUT2D eigenvalue weighted by atomic mass is 10.2. The fraction of sp³-hybridized carbons (Fsp3) is 0.545. The van der Waals surface area contributed by atoms with Gasteiger partial charge in [0.2, 0.25) is 0 Å². The molecule has 0 radical (unpaired) electrons. The minimum Gasteiger partial charge on any atom is -0.387 e. The van der Waals surface area contributed by atoms with Gasteiger partial charge in [0.15, 0.2) is 0 Å². The lowest BCUT2D eigenvalue weighted by Gasteiger charge is -2.25. The number of hydrogen-bond acceptors (Lipinski definition) is 4. The lowest BCUT2D eigenvalue weighted by Crippen LogP contribution is -2.31. The molecule has 4 nitrogen and oxygen atoms in total. The van der Waals surface area contributed by atoms with E-state index in [-0.39, 0.29) is 0 Å². The smallest absolute Gasteiger partial charge is 0.0670 e. The summed E-state index contributed by atoms with van der Waals surface area (Å²) in [5, 5.41) is 3.09. The summed E-state index contributed by atoms with van der Waals surface area (Å²) >= 11 is 0. The zero-order chi connectivity index (χ0) is 10.7. The Morgan fingerprint density at radius 3 is 3.07 bits per heavy atom. The third-order valence-corrected chi connectivity index (χ3v) is 2.87. The molecule has 0 saturated carbocycles. The number of hydrogen-bond donors (Lipinski definition) is 1. The van der Waals surface area contributed by atoms with Crippen molar-refractivity contribution in [3.05, 3.63) is 18.5 Å². The van der Waals surface area contributed by atoms with Crippen LogP contribution in [0.3, 0.4) is 0 Å². The van der Waals surface area contributed by atoms with Gasteiger partial charge < -0.3 is 15.0 Å². The highest BCUT2D eigenvalue weighted by Crippen LogP contribution is 2.21. The van der Waals surface area contributed by atoms with Crippen LogP contribution in [0.4, 0.5) is 11.4 Å². The monoisotopic (exact) mass is 207 g/mol. The van der Waals surface area contributed by atoms with Crippen molar-refractivity contribution < 1.29 is 4.74 Å². The molecule has 2 rings (SSSR count). The van der Waals surface area contributed by atoms with Crippen LogP contribution in [0.5, 0.6) is 0 Å². The van der Waals surface area contributed by atoms with Crippen LogP contribution >= 0.6 is 0 Å². The first-order valence-corrected chi connectivity index (χ1v) is 5.24. The van der Waals surface area contributed by atoms with Gasteiger partial charge in [-0.05, 0) is 12.5 Å². The van der Waals surface area contributed by atoms with Gasteiger partial charge in [-0.2, -0.15) is 0 Å². The summed E-state index contributed by atoms with van der Waals surface area (Å²) in [5.74, 6) is 0. The SMILES string of the molecule is CNc1cncc(N(C)C2CCOC2)c1. The van der Waals surface area contributed by atoms with Crippen molar-refractivity contribution in [3.63, 3.8) is 0 Å². The molecule has 0 aromatic carbocycles. The minimum atomic E-state index is 0.485. The van der Waals surface area contributed by atoms with Crippen LogP contribution in [0.1, 0.15) is 6.42 Å². The van der Waals surface area contributed by atoms with Gasteiger partial charge in [-0.15, -0.1) is 0 Å². The molecule has 0 amide bonds. The molecule has 1 atom stereocenters. The molecule has 2 heterocycles. The van der Waals surface area contributed by atoms with Crippen LogP contribution in [-0.2, 0) is 4.74 Å². The second-order valence-electron chi connectivity index (χ2n) is 3.81. The number of pyridine rings is 1. The highest BCUT2D eigenvalue weighted by molar-refractivity contribution is 5.55. The molecule has 1 aliphatic rings. The van der Waals surface area contributed by atoms with E-state index in [1.54, 1.807) is 0 Å². The van der Waals surface area contributed by atoms with Crippen LogP contribution in [-0.4, -0.2) is 38.3 Å². The summed E-state index contributed by atoms with van der Waals surface area (Å²) in [5.41, 5.74) is 2.18. The second kappa shape index (κ2) is 4.49. The zero-order valence-electron chi connectivity index (χ0n) is 9.23. The van der Waals surface area contributed by atoms with Crippen LogP contribution in [0.25, 0.3) is 0 Å². The maximum atomic E-state index is 5.38. The topological polar surface area (TPSA) is 37.4 Å². The predicted octanol–water partition coefficient (Wildman–Crippen LogP) is 1.35. The Morgan fingerprint density at radius 1 is 1.53 bits per heavy atom. The van der Waals surface area contributed by atoms with Gasteiger partial charge in [-0.3, -0.25) is 4.98 Å². The van der Waals surface area contributed by atoms with Gasteiger partial charge in [0.1, 0.15) is 0 Å². The highest BCUT2D eigenvalue weighted by atomic mass is 16.5. The van der Waals surface area contributed by atoms with E-state index < -0.39 is 0 Å². The van der Waals surface area contributed by atoms with Crippen molar-refractivity contribution in [3.8, 4) is 0 Å². The van der Waals surface area contributed by atoms with E-state index in [0.29, 0.717) is 6.04 Å². The Hall–Kier alpha value is -1.29. The summed E-state index contributed by atoms with van der Waals surface area (Å²) in [6.07, 6.45) is 4.81. The Balaban J connectivity index is 2.13.